The van der Waals surface area contributed by atoms with Gasteiger partial charge in [0.05, 0.1) is 10.6 Å². The molecule has 0 unspecified atom stereocenters. The lowest BCUT2D eigenvalue weighted by Crippen LogP contribution is -2.22. The van der Waals surface area contributed by atoms with Crippen molar-refractivity contribution in [2.45, 2.75) is 24.1 Å². The van der Waals surface area contributed by atoms with E-state index in [0.717, 1.165) is 5.56 Å². The average Bonchev–Trinajstić information content (AvgIpc) is 3.17. The van der Waals surface area contributed by atoms with E-state index < -0.39 is 9.84 Å². The third-order valence-corrected chi connectivity index (χ3v) is 6.63. The van der Waals surface area contributed by atoms with E-state index in [1.54, 1.807) is 55.7 Å². The molecule has 0 aliphatic heterocycles. The number of benzene rings is 2. The number of rotatable bonds is 7. The molecule has 0 saturated heterocycles. The van der Waals surface area contributed by atoms with Crippen molar-refractivity contribution in [3.8, 4) is 11.5 Å². The van der Waals surface area contributed by atoms with E-state index in [9.17, 15) is 13.2 Å². The molecule has 168 valence electrons. The summed E-state index contributed by atoms with van der Waals surface area (Å²) in [6, 6.07) is 16.6. The van der Waals surface area contributed by atoms with Crippen molar-refractivity contribution in [3.63, 3.8) is 0 Å². The van der Waals surface area contributed by atoms with Crippen LogP contribution < -0.4 is 11.1 Å². The number of carbonyl (C=O) groups is 1. The van der Waals surface area contributed by atoms with Crippen LogP contribution in [0.3, 0.4) is 0 Å². The molecule has 33 heavy (non-hydrogen) atoms. The molecule has 0 bridgehead atoms. The maximum atomic E-state index is 12.7. The minimum Gasteiger partial charge on any atom is -0.441 e. The van der Waals surface area contributed by atoms with Crippen LogP contribution in [0.4, 0.5) is 5.69 Å². The summed E-state index contributed by atoms with van der Waals surface area (Å²) >= 11 is 0. The molecule has 2 heterocycles. The Balaban J connectivity index is 1.47. The molecule has 0 fully saturated rings. The normalized spacial score (nSPS) is 11.3. The molecule has 3 N–H and O–H groups in total. The highest BCUT2D eigenvalue weighted by atomic mass is 32.2. The smallest absolute Gasteiger partial charge is 0.251 e. The van der Waals surface area contributed by atoms with Crippen LogP contribution in [0.5, 0.6) is 0 Å². The van der Waals surface area contributed by atoms with Crippen molar-refractivity contribution >= 4 is 21.4 Å². The molecule has 0 spiro atoms. The SMILES string of the molecule is Cc1oc(-c2ccc(C(=O)NCc3cccnc3)cc2)nc1CS(=O)(=O)c1cccc(N)c1. The first kappa shape index (κ1) is 22.2. The number of hydrogen-bond donors (Lipinski definition) is 2. The van der Waals surface area contributed by atoms with Crippen molar-refractivity contribution in [3.05, 3.63) is 95.6 Å². The fraction of sp³-hybridized carbons (Fsp3) is 0.125. The number of nitrogens with zero attached hydrogens (tertiary/aromatic N) is 2. The molecule has 0 saturated carbocycles. The Kier molecular flexibility index (Phi) is 6.23. The molecular weight excluding hydrogens is 440 g/mol. The second-order valence-corrected chi connectivity index (χ2v) is 9.46. The summed E-state index contributed by atoms with van der Waals surface area (Å²) < 4.78 is 31.2. The lowest BCUT2D eigenvalue weighted by molar-refractivity contribution is 0.0951. The third kappa shape index (κ3) is 5.27. The van der Waals surface area contributed by atoms with Crippen LogP contribution in [0.15, 0.2) is 82.4 Å². The van der Waals surface area contributed by atoms with Gasteiger partial charge in [0, 0.05) is 35.8 Å². The van der Waals surface area contributed by atoms with Gasteiger partial charge in [-0.2, -0.15) is 0 Å². The Hall–Kier alpha value is -3.98. The quantitative estimate of drug-likeness (QED) is 0.402. The molecule has 0 aliphatic rings. The van der Waals surface area contributed by atoms with Crippen LogP contribution in [-0.2, 0) is 22.1 Å². The minimum absolute atomic E-state index is 0.132. The largest absolute Gasteiger partial charge is 0.441 e. The van der Waals surface area contributed by atoms with Crippen molar-refractivity contribution in [1.29, 1.82) is 0 Å². The highest BCUT2D eigenvalue weighted by molar-refractivity contribution is 7.90. The average molecular weight is 463 g/mol. The zero-order valence-electron chi connectivity index (χ0n) is 17.9. The molecule has 0 radical (unpaired) electrons. The van der Waals surface area contributed by atoms with Gasteiger partial charge in [0.25, 0.3) is 5.91 Å². The number of carbonyl (C=O) groups excluding carboxylic acids is 1. The van der Waals surface area contributed by atoms with Crippen LogP contribution in [0, 0.1) is 6.92 Å². The molecule has 4 rings (SSSR count). The Labute approximate surface area is 191 Å². The van der Waals surface area contributed by atoms with Crippen LogP contribution in [0.1, 0.15) is 27.4 Å². The van der Waals surface area contributed by atoms with Crippen molar-refractivity contribution in [2.24, 2.45) is 0 Å². The van der Waals surface area contributed by atoms with Gasteiger partial charge >= 0.3 is 0 Å². The maximum absolute atomic E-state index is 12.7. The second kappa shape index (κ2) is 9.25. The van der Waals surface area contributed by atoms with E-state index in [-0.39, 0.29) is 22.4 Å². The van der Waals surface area contributed by atoms with Crippen molar-refractivity contribution < 1.29 is 17.6 Å². The lowest BCUT2D eigenvalue weighted by atomic mass is 10.1. The summed E-state index contributed by atoms with van der Waals surface area (Å²) in [5.41, 5.74) is 8.43. The van der Waals surface area contributed by atoms with Gasteiger partial charge in [-0.3, -0.25) is 9.78 Å². The predicted molar refractivity (Wildman–Crippen MR) is 124 cm³/mol. The molecule has 0 atom stereocenters. The van der Waals surface area contributed by atoms with Crippen LogP contribution in [0.2, 0.25) is 0 Å². The molecule has 9 heteroatoms. The number of aromatic nitrogens is 2. The van der Waals surface area contributed by atoms with Gasteiger partial charge in [0.2, 0.25) is 5.89 Å². The number of anilines is 1. The number of hydrogen-bond acceptors (Lipinski definition) is 7. The van der Waals surface area contributed by atoms with Gasteiger partial charge in [0.1, 0.15) is 11.5 Å². The highest BCUT2D eigenvalue weighted by Gasteiger charge is 2.21. The summed E-state index contributed by atoms with van der Waals surface area (Å²) in [5, 5.41) is 2.84. The standard InChI is InChI=1S/C24H22N4O4S/c1-16-22(15-33(30,31)21-6-2-5-20(25)12-21)28-24(32-16)19-9-7-18(8-10-19)23(29)27-14-17-4-3-11-26-13-17/h2-13H,14-15,25H2,1H3,(H,27,29). The zero-order valence-corrected chi connectivity index (χ0v) is 18.7. The predicted octanol–water partition coefficient (Wildman–Crippen LogP) is 3.53. The minimum atomic E-state index is -3.63. The lowest BCUT2D eigenvalue weighted by Gasteiger charge is -2.05. The van der Waals surface area contributed by atoms with Gasteiger partial charge in [-0.1, -0.05) is 12.1 Å². The van der Waals surface area contributed by atoms with Gasteiger partial charge < -0.3 is 15.5 Å². The molecule has 2 aromatic carbocycles. The molecular formula is C24H22N4O4S. The summed E-state index contributed by atoms with van der Waals surface area (Å²) in [4.78, 5) is 20.9. The van der Waals surface area contributed by atoms with E-state index >= 15 is 0 Å². The van der Waals surface area contributed by atoms with Gasteiger partial charge in [-0.25, -0.2) is 13.4 Å². The van der Waals surface area contributed by atoms with Crippen LogP contribution >= 0.6 is 0 Å². The highest BCUT2D eigenvalue weighted by Crippen LogP contribution is 2.25. The zero-order chi connectivity index (χ0) is 23.4. The number of amides is 1. The van der Waals surface area contributed by atoms with E-state index in [2.05, 4.69) is 15.3 Å². The maximum Gasteiger partial charge on any atom is 0.251 e. The first-order chi connectivity index (χ1) is 15.8. The first-order valence-corrected chi connectivity index (χ1v) is 11.8. The first-order valence-electron chi connectivity index (χ1n) is 10.1. The van der Waals surface area contributed by atoms with Crippen LogP contribution in [0.25, 0.3) is 11.5 Å². The molecule has 0 aliphatic carbocycles. The van der Waals surface area contributed by atoms with E-state index in [1.165, 1.54) is 12.1 Å². The Bertz CT molecular complexity index is 1380. The number of aryl methyl sites for hydroxylation is 1. The number of nitrogen functional groups attached to an aromatic ring is 1. The Morgan fingerprint density at radius 1 is 1.09 bits per heavy atom. The number of nitrogens with two attached hydrogens (primary N) is 1. The number of pyridine rings is 1. The summed E-state index contributed by atoms with van der Waals surface area (Å²) in [6.07, 6.45) is 3.37. The number of nitrogens with one attached hydrogen (secondary N) is 1. The topological polar surface area (TPSA) is 128 Å². The van der Waals surface area contributed by atoms with Crippen molar-refractivity contribution in [2.75, 3.05) is 5.73 Å². The third-order valence-electron chi connectivity index (χ3n) is 5.01. The molecule has 4 aromatic rings. The monoisotopic (exact) mass is 462 g/mol. The summed E-state index contributed by atoms with van der Waals surface area (Å²) in [6.45, 7) is 2.04. The molecule has 1 amide bonds. The summed E-state index contributed by atoms with van der Waals surface area (Å²) in [5.74, 6) is 0.173. The Morgan fingerprint density at radius 2 is 1.88 bits per heavy atom. The van der Waals surface area contributed by atoms with E-state index in [1.807, 2.05) is 12.1 Å². The molecule has 2 aromatic heterocycles. The van der Waals surface area contributed by atoms with Crippen LogP contribution in [-0.4, -0.2) is 24.3 Å². The fourth-order valence-electron chi connectivity index (χ4n) is 3.21. The number of sulfone groups is 1. The number of oxazole rings is 1. The van der Waals surface area contributed by atoms with E-state index in [0.29, 0.717) is 34.8 Å². The van der Waals surface area contributed by atoms with Crippen molar-refractivity contribution in [1.82, 2.24) is 15.3 Å². The Morgan fingerprint density at radius 3 is 2.58 bits per heavy atom. The van der Waals surface area contributed by atoms with E-state index in [4.69, 9.17) is 10.2 Å². The van der Waals surface area contributed by atoms with Gasteiger partial charge in [0.15, 0.2) is 9.84 Å². The summed E-state index contributed by atoms with van der Waals surface area (Å²) in [7, 11) is -3.63. The fourth-order valence-corrected chi connectivity index (χ4v) is 4.60. The van der Waals surface area contributed by atoms with Gasteiger partial charge in [-0.15, -0.1) is 0 Å². The van der Waals surface area contributed by atoms with Gasteiger partial charge in [-0.05, 0) is 61.0 Å². The second-order valence-electron chi connectivity index (χ2n) is 7.47. The molecule has 8 nitrogen and oxygen atoms in total.